The number of amides is 2. The van der Waals surface area contributed by atoms with Crippen LogP contribution in [0.2, 0.25) is 0 Å². The first kappa shape index (κ1) is 14.8. The molecule has 6 heteroatoms. The predicted molar refractivity (Wildman–Crippen MR) is 86.7 cm³/mol. The number of likely N-dealkylation sites (tertiary alicyclic amines) is 1. The maximum absolute atomic E-state index is 12.4. The van der Waals surface area contributed by atoms with E-state index in [9.17, 15) is 9.59 Å². The Kier molecular flexibility index (Phi) is 4.47. The molecule has 4 nitrogen and oxygen atoms in total. The summed E-state index contributed by atoms with van der Waals surface area (Å²) < 4.78 is 0.991. The van der Waals surface area contributed by atoms with Crippen molar-refractivity contribution in [1.82, 2.24) is 4.90 Å². The molecule has 1 aromatic rings. The van der Waals surface area contributed by atoms with E-state index in [2.05, 4.69) is 15.9 Å². The van der Waals surface area contributed by atoms with E-state index in [-0.39, 0.29) is 11.1 Å². The molecule has 3 rings (SSSR count). The zero-order valence-corrected chi connectivity index (χ0v) is 13.9. The summed E-state index contributed by atoms with van der Waals surface area (Å²) in [6.45, 7) is 2.60. The highest BCUT2D eigenvalue weighted by molar-refractivity contribution is 9.10. The van der Waals surface area contributed by atoms with E-state index in [1.165, 1.54) is 22.6 Å². The number of hydrogen-bond acceptors (Lipinski definition) is 3. The van der Waals surface area contributed by atoms with Crippen molar-refractivity contribution in [2.24, 2.45) is 0 Å². The molecule has 0 aromatic heterocycles. The van der Waals surface area contributed by atoms with Crippen molar-refractivity contribution in [1.29, 1.82) is 0 Å². The Labute approximate surface area is 136 Å². The van der Waals surface area contributed by atoms with E-state index in [1.54, 1.807) is 6.08 Å². The van der Waals surface area contributed by atoms with Crippen molar-refractivity contribution >= 4 is 44.9 Å². The van der Waals surface area contributed by atoms with Crippen LogP contribution in [0.25, 0.3) is 6.08 Å². The molecule has 0 atom stereocenters. The molecule has 0 unspecified atom stereocenters. The second kappa shape index (κ2) is 6.34. The minimum atomic E-state index is -0.160. The molecule has 21 heavy (non-hydrogen) atoms. The molecule has 0 bridgehead atoms. The average molecular weight is 368 g/mol. The number of nitrogens with one attached hydrogen (secondary N) is 1. The van der Waals surface area contributed by atoms with Crippen molar-refractivity contribution in [3.05, 3.63) is 39.2 Å². The molecule has 0 saturated carbocycles. The van der Waals surface area contributed by atoms with Crippen LogP contribution in [0, 0.1) is 0 Å². The van der Waals surface area contributed by atoms with Crippen LogP contribution in [0.5, 0.6) is 0 Å². The lowest BCUT2D eigenvalue weighted by atomic mass is 10.2. The van der Waals surface area contributed by atoms with Crippen molar-refractivity contribution in [2.75, 3.05) is 19.8 Å². The van der Waals surface area contributed by atoms with Crippen molar-refractivity contribution < 1.29 is 14.5 Å². The highest BCUT2D eigenvalue weighted by atomic mass is 79.9. The van der Waals surface area contributed by atoms with Gasteiger partial charge in [0.05, 0.1) is 18.0 Å². The first-order valence-corrected chi connectivity index (χ1v) is 8.59. The SMILES string of the molecule is O=C1S/C(=C/c2ccc(Br)cc2)C(=O)N1C[NH+]1CCCC1. The Morgan fingerprint density at radius 2 is 1.86 bits per heavy atom. The lowest BCUT2D eigenvalue weighted by molar-refractivity contribution is -0.894. The maximum Gasteiger partial charge on any atom is 0.298 e. The number of hydrogen-bond donors (Lipinski definition) is 1. The van der Waals surface area contributed by atoms with Crippen LogP contribution < -0.4 is 4.90 Å². The van der Waals surface area contributed by atoms with Gasteiger partial charge < -0.3 is 4.90 Å². The molecule has 0 aliphatic carbocycles. The van der Waals surface area contributed by atoms with Crippen LogP contribution in [0.1, 0.15) is 18.4 Å². The molecule has 2 heterocycles. The molecule has 2 aliphatic heterocycles. The summed E-state index contributed by atoms with van der Waals surface area (Å²) in [5, 5.41) is -0.150. The lowest BCUT2D eigenvalue weighted by Gasteiger charge is -2.17. The van der Waals surface area contributed by atoms with Crippen LogP contribution in [0.3, 0.4) is 0 Å². The summed E-state index contributed by atoms with van der Waals surface area (Å²) in [7, 11) is 0. The first-order valence-electron chi connectivity index (χ1n) is 6.98. The molecule has 0 spiro atoms. The van der Waals surface area contributed by atoms with Crippen molar-refractivity contribution in [3.8, 4) is 0 Å². The topological polar surface area (TPSA) is 41.8 Å². The molecular weight excluding hydrogens is 352 g/mol. The Hall–Kier alpha value is -1.11. The number of benzene rings is 1. The van der Waals surface area contributed by atoms with E-state index in [4.69, 9.17) is 0 Å². The molecule has 110 valence electrons. The largest absolute Gasteiger partial charge is 0.317 e. The highest BCUT2D eigenvalue weighted by Gasteiger charge is 2.37. The average Bonchev–Trinajstić information content (AvgIpc) is 3.06. The van der Waals surface area contributed by atoms with E-state index in [0.717, 1.165) is 34.9 Å². The van der Waals surface area contributed by atoms with E-state index in [1.807, 2.05) is 24.3 Å². The van der Waals surface area contributed by atoms with E-state index >= 15 is 0 Å². The summed E-state index contributed by atoms with van der Waals surface area (Å²) in [6.07, 6.45) is 4.15. The van der Waals surface area contributed by atoms with Gasteiger partial charge in [0.1, 0.15) is 0 Å². The van der Waals surface area contributed by atoms with Crippen LogP contribution >= 0.6 is 27.7 Å². The summed E-state index contributed by atoms with van der Waals surface area (Å²) >= 11 is 4.42. The summed E-state index contributed by atoms with van der Waals surface area (Å²) in [4.78, 5) is 27.6. The number of rotatable bonds is 3. The van der Waals surface area contributed by atoms with Crippen LogP contribution in [0.15, 0.2) is 33.6 Å². The third-order valence-electron chi connectivity index (χ3n) is 3.73. The van der Waals surface area contributed by atoms with Gasteiger partial charge in [-0.3, -0.25) is 9.59 Å². The molecule has 1 aromatic carbocycles. The lowest BCUT2D eigenvalue weighted by Crippen LogP contribution is -3.11. The fourth-order valence-corrected chi connectivity index (χ4v) is 3.71. The van der Waals surface area contributed by atoms with Gasteiger partial charge in [-0.2, -0.15) is 0 Å². The number of imide groups is 1. The Morgan fingerprint density at radius 1 is 1.19 bits per heavy atom. The third kappa shape index (κ3) is 3.39. The van der Waals surface area contributed by atoms with Gasteiger partial charge in [0.15, 0.2) is 6.67 Å². The van der Waals surface area contributed by atoms with Gasteiger partial charge in [0.2, 0.25) is 0 Å². The second-order valence-electron chi connectivity index (χ2n) is 5.28. The first-order chi connectivity index (χ1) is 10.1. The summed E-state index contributed by atoms with van der Waals surface area (Å²) in [5.74, 6) is -0.160. The number of carbonyl (C=O) groups excluding carboxylic acids is 2. The molecule has 2 aliphatic rings. The normalized spacial score (nSPS) is 21.8. The number of carbonyl (C=O) groups is 2. The van der Waals surface area contributed by atoms with Gasteiger partial charge >= 0.3 is 0 Å². The fraction of sp³-hybridized carbons (Fsp3) is 0.333. The second-order valence-corrected chi connectivity index (χ2v) is 7.19. The fourth-order valence-electron chi connectivity index (χ4n) is 2.60. The molecule has 2 amide bonds. The highest BCUT2D eigenvalue weighted by Crippen LogP contribution is 2.31. The van der Waals surface area contributed by atoms with E-state index < -0.39 is 0 Å². The van der Waals surface area contributed by atoms with Gasteiger partial charge in [0.25, 0.3) is 11.1 Å². The number of halogens is 1. The summed E-state index contributed by atoms with van der Waals surface area (Å²) in [5.41, 5.74) is 0.928. The molecule has 2 saturated heterocycles. The monoisotopic (exact) mass is 367 g/mol. The van der Waals surface area contributed by atoms with Gasteiger partial charge in [-0.15, -0.1) is 0 Å². The van der Waals surface area contributed by atoms with Crippen molar-refractivity contribution in [2.45, 2.75) is 12.8 Å². The standard InChI is InChI=1S/C15H15BrN2O2S/c16-12-5-3-11(4-6-12)9-13-14(19)18(15(20)21-13)10-17-7-1-2-8-17/h3-6,9H,1-2,7-8,10H2/p+1/b13-9+. The van der Waals surface area contributed by atoms with Gasteiger partial charge in [-0.1, -0.05) is 28.1 Å². The van der Waals surface area contributed by atoms with Crippen LogP contribution in [-0.4, -0.2) is 35.8 Å². The Bertz CT molecular complexity index is 594. The predicted octanol–water partition coefficient (Wildman–Crippen LogP) is 2.12. The number of quaternary nitrogens is 1. The minimum Gasteiger partial charge on any atom is -0.317 e. The number of nitrogens with zero attached hydrogens (tertiary/aromatic N) is 1. The van der Waals surface area contributed by atoms with E-state index in [0.29, 0.717) is 11.6 Å². The molecule has 0 radical (unpaired) electrons. The number of thioether (sulfide) groups is 1. The van der Waals surface area contributed by atoms with Gasteiger partial charge in [-0.25, -0.2) is 4.90 Å². The quantitative estimate of drug-likeness (QED) is 0.832. The van der Waals surface area contributed by atoms with Crippen molar-refractivity contribution in [3.63, 3.8) is 0 Å². The maximum atomic E-state index is 12.4. The summed E-state index contributed by atoms with van der Waals surface area (Å²) in [6, 6.07) is 7.68. The zero-order valence-electron chi connectivity index (χ0n) is 11.5. The van der Waals surface area contributed by atoms with Gasteiger partial charge in [0, 0.05) is 17.3 Å². The molecular formula is C15H16BrN2O2S+. The zero-order chi connectivity index (χ0) is 14.8. The molecule has 1 N–H and O–H groups in total. The van der Waals surface area contributed by atoms with Gasteiger partial charge in [-0.05, 0) is 35.5 Å². The Balaban J connectivity index is 1.74. The smallest absolute Gasteiger partial charge is 0.298 e. The van der Waals surface area contributed by atoms with Crippen LogP contribution in [0.4, 0.5) is 4.79 Å². The minimum absolute atomic E-state index is 0.150. The third-order valence-corrected chi connectivity index (χ3v) is 5.17. The molecule has 2 fully saturated rings. The Morgan fingerprint density at radius 3 is 2.52 bits per heavy atom. The van der Waals surface area contributed by atoms with Crippen LogP contribution in [-0.2, 0) is 4.79 Å².